The number of halogens is 1. The zero-order valence-corrected chi connectivity index (χ0v) is 22.0. The quantitative estimate of drug-likeness (QED) is 0.484. The molecule has 0 aliphatic carbocycles. The zero-order chi connectivity index (χ0) is 27.3. The Bertz CT molecular complexity index is 1440. The summed E-state index contributed by atoms with van der Waals surface area (Å²) in [5.74, 6) is 5.17. The van der Waals surface area contributed by atoms with Gasteiger partial charge in [0.15, 0.2) is 5.69 Å². The summed E-state index contributed by atoms with van der Waals surface area (Å²) in [6, 6.07) is 13.6. The van der Waals surface area contributed by atoms with Crippen LogP contribution in [-0.4, -0.2) is 47.6 Å². The van der Waals surface area contributed by atoms with Crippen LogP contribution in [0.5, 0.6) is 5.75 Å². The topological polar surface area (TPSA) is 85.7 Å². The van der Waals surface area contributed by atoms with Crippen LogP contribution in [0, 0.1) is 17.7 Å². The molecular formula is C29H31FN4O4. The highest BCUT2D eigenvalue weighted by Crippen LogP contribution is 2.28. The summed E-state index contributed by atoms with van der Waals surface area (Å²) in [5, 5.41) is 2.80. The molecule has 0 unspecified atom stereocenters. The van der Waals surface area contributed by atoms with E-state index in [9.17, 15) is 14.0 Å². The second-order valence-corrected chi connectivity index (χ2v) is 9.73. The van der Waals surface area contributed by atoms with Gasteiger partial charge in [0.1, 0.15) is 23.8 Å². The van der Waals surface area contributed by atoms with Crippen LogP contribution < -0.4 is 15.6 Å². The van der Waals surface area contributed by atoms with E-state index in [2.05, 4.69) is 22.1 Å². The van der Waals surface area contributed by atoms with Crippen molar-refractivity contribution in [3.63, 3.8) is 0 Å². The fourth-order valence-corrected chi connectivity index (χ4v) is 4.05. The lowest BCUT2D eigenvalue weighted by Crippen LogP contribution is -2.43. The molecule has 3 aromatic rings. The van der Waals surface area contributed by atoms with Crippen molar-refractivity contribution >= 4 is 5.91 Å². The number of fused-ring (bicyclic) bond motifs is 1. The monoisotopic (exact) mass is 518 g/mol. The van der Waals surface area contributed by atoms with Gasteiger partial charge in [-0.3, -0.25) is 19.1 Å². The van der Waals surface area contributed by atoms with Crippen LogP contribution in [-0.2, 0) is 30.0 Å². The number of hydrogen-bond donors (Lipinski definition) is 1. The van der Waals surface area contributed by atoms with Gasteiger partial charge in [-0.05, 0) is 51.2 Å². The summed E-state index contributed by atoms with van der Waals surface area (Å²) in [5.41, 5.74) is 0.521. The maximum absolute atomic E-state index is 13.9. The van der Waals surface area contributed by atoms with E-state index < -0.39 is 22.9 Å². The minimum Gasteiger partial charge on any atom is -0.481 e. The van der Waals surface area contributed by atoms with E-state index in [1.54, 1.807) is 19.9 Å². The van der Waals surface area contributed by atoms with Crippen molar-refractivity contribution in [2.75, 3.05) is 27.2 Å². The van der Waals surface area contributed by atoms with Gasteiger partial charge in [-0.2, -0.15) is 0 Å². The highest BCUT2D eigenvalue weighted by molar-refractivity contribution is 5.94. The molecule has 1 aliphatic heterocycles. The Morgan fingerprint density at radius 1 is 1.24 bits per heavy atom. The predicted molar refractivity (Wildman–Crippen MR) is 141 cm³/mol. The molecule has 0 saturated heterocycles. The van der Waals surface area contributed by atoms with Gasteiger partial charge < -0.3 is 14.8 Å². The number of ether oxygens (including phenoxy) is 2. The van der Waals surface area contributed by atoms with Gasteiger partial charge in [0, 0.05) is 12.1 Å². The predicted octanol–water partition coefficient (Wildman–Crippen LogP) is 3.07. The molecule has 1 aromatic heterocycles. The van der Waals surface area contributed by atoms with E-state index in [1.165, 1.54) is 16.7 Å². The van der Waals surface area contributed by atoms with Crippen molar-refractivity contribution in [2.45, 2.75) is 39.1 Å². The summed E-state index contributed by atoms with van der Waals surface area (Å²) in [6.07, 6.45) is 0. The Morgan fingerprint density at radius 3 is 2.74 bits per heavy atom. The van der Waals surface area contributed by atoms with Gasteiger partial charge in [0.05, 0.1) is 19.7 Å². The Hall–Kier alpha value is -4.00. The highest BCUT2D eigenvalue weighted by atomic mass is 19.1. The lowest BCUT2D eigenvalue weighted by atomic mass is 10.1. The second kappa shape index (κ2) is 11.6. The fraction of sp³-hybridized carbons (Fsp3) is 0.345. The summed E-state index contributed by atoms with van der Waals surface area (Å²) in [4.78, 5) is 33.4. The van der Waals surface area contributed by atoms with Crippen molar-refractivity contribution in [3.05, 3.63) is 92.9 Å². The molecule has 38 heavy (non-hydrogen) atoms. The first-order valence-electron chi connectivity index (χ1n) is 12.3. The van der Waals surface area contributed by atoms with Gasteiger partial charge in [-0.1, -0.05) is 48.2 Å². The van der Waals surface area contributed by atoms with Crippen molar-refractivity contribution in [3.8, 4) is 17.6 Å². The molecule has 2 aromatic carbocycles. The maximum atomic E-state index is 13.9. The Labute approximate surface area is 221 Å². The zero-order valence-electron chi connectivity index (χ0n) is 22.0. The minimum atomic E-state index is -0.865. The minimum absolute atomic E-state index is 0.0587. The molecule has 0 bridgehead atoms. The number of rotatable bonds is 7. The van der Waals surface area contributed by atoms with Crippen LogP contribution in [0.4, 0.5) is 4.39 Å². The fourth-order valence-electron chi connectivity index (χ4n) is 4.05. The summed E-state index contributed by atoms with van der Waals surface area (Å²) in [7, 11) is 3.78. The van der Waals surface area contributed by atoms with Crippen LogP contribution in [0.3, 0.4) is 0 Å². The van der Waals surface area contributed by atoms with Gasteiger partial charge in [0.25, 0.3) is 11.5 Å². The average Bonchev–Trinajstić information content (AvgIpc) is 2.88. The van der Waals surface area contributed by atoms with Gasteiger partial charge in [-0.15, -0.1) is 0 Å². The van der Waals surface area contributed by atoms with E-state index in [-0.39, 0.29) is 24.6 Å². The van der Waals surface area contributed by atoms with Crippen molar-refractivity contribution in [1.29, 1.82) is 0 Å². The Kier molecular flexibility index (Phi) is 8.25. The van der Waals surface area contributed by atoms with Gasteiger partial charge in [-0.25, -0.2) is 9.37 Å². The molecule has 8 nitrogen and oxygen atoms in total. The number of nitrogens with one attached hydrogen (secondary N) is 1. The van der Waals surface area contributed by atoms with E-state index in [4.69, 9.17) is 9.47 Å². The summed E-state index contributed by atoms with van der Waals surface area (Å²) < 4.78 is 27.1. The summed E-state index contributed by atoms with van der Waals surface area (Å²) >= 11 is 0. The standard InChI is InChI=1S/C29H31FN4O4/c1-29(2)28-32-24(25(27(36)34(28)15-16-38-29)37-19-20-9-6-5-7-10-20)26(35)31-18-22-12-13-23(30)17-21(22)11-8-14-33(3)4/h5-7,9-10,12-13,17H,14-16,18-19H2,1-4H3,(H,31,35). The van der Waals surface area contributed by atoms with Crippen LogP contribution in [0.15, 0.2) is 53.3 Å². The Balaban J connectivity index is 1.65. The highest BCUT2D eigenvalue weighted by Gasteiger charge is 2.35. The number of carbonyl (C=O) groups is 1. The van der Waals surface area contributed by atoms with Crippen LogP contribution >= 0.6 is 0 Å². The molecule has 2 heterocycles. The number of benzene rings is 2. The third-order valence-electron chi connectivity index (χ3n) is 6.01. The number of aromatic nitrogens is 2. The molecule has 1 amide bonds. The van der Waals surface area contributed by atoms with E-state index in [0.29, 0.717) is 36.6 Å². The molecule has 0 saturated carbocycles. The van der Waals surface area contributed by atoms with Gasteiger partial charge >= 0.3 is 0 Å². The SMILES string of the molecule is CN(C)CC#Cc1cc(F)ccc1CNC(=O)c1nc2n(c(=O)c1OCc1ccccc1)CCOC2(C)C. The van der Waals surface area contributed by atoms with Crippen molar-refractivity contribution in [2.24, 2.45) is 0 Å². The number of hydrogen-bond acceptors (Lipinski definition) is 6. The number of nitrogens with zero attached hydrogens (tertiary/aromatic N) is 3. The summed E-state index contributed by atoms with van der Waals surface area (Å²) in [6.45, 7) is 4.91. The molecule has 198 valence electrons. The Morgan fingerprint density at radius 2 is 2.00 bits per heavy atom. The molecule has 4 rings (SSSR count). The van der Waals surface area contributed by atoms with E-state index in [0.717, 1.165) is 5.56 Å². The third-order valence-corrected chi connectivity index (χ3v) is 6.01. The smallest absolute Gasteiger partial charge is 0.296 e. The molecule has 1 N–H and O–H groups in total. The van der Waals surface area contributed by atoms with Crippen LogP contribution in [0.25, 0.3) is 0 Å². The van der Waals surface area contributed by atoms with Crippen molar-refractivity contribution < 1.29 is 18.7 Å². The third kappa shape index (κ3) is 6.28. The molecule has 0 radical (unpaired) electrons. The molecule has 1 aliphatic rings. The molecular weight excluding hydrogens is 487 g/mol. The lowest BCUT2D eigenvalue weighted by Gasteiger charge is -2.32. The second-order valence-electron chi connectivity index (χ2n) is 9.73. The maximum Gasteiger partial charge on any atom is 0.296 e. The number of carbonyl (C=O) groups excluding carboxylic acids is 1. The van der Waals surface area contributed by atoms with Crippen molar-refractivity contribution in [1.82, 2.24) is 19.8 Å². The first-order valence-corrected chi connectivity index (χ1v) is 12.3. The van der Waals surface area contributed by atoms with Crippen LogP contribution in [0.1, 0.15) is 46.9 Å². The van der Waals surface area contributed by atoms with E-state index in [1.807, 2.05) is 49.3 Å². The first-order chi connectivity index (χ1) is 18.2. The first kappa shape index (κ1) is 27.0. The molecule has 9 heteroatoms. The normalized spacial score (nSPS) is 13.8. The molecule has 0 atom stereocenters. The largest absolute Gasteiger partial charge is 0.481 e. The van der Waals surface area contributed by atoms with Gasteiger partial charge in [0.2, 0.25) is 5.75 Å². The molecule has 0 spiro atoms. The van der Waals surface area contributed by atoms with E-state index >= 15 is 0 Å². The average molecular weight is 519 g/mol. The number of amides is 1. The molecule has 0 fully saturated rings. The van der Waals surface area contributed by atoms with Crippen LogP contribution in [0.2, 0.25) is 0 Å². The lowest BCUT2D eigenvalue weighted by molar-refractivity contribution is -0.0567.